The minimum atomic E-state index is -1.11. The summed E-state index contributed by atoms with van der Waals surface area (Å²) in [4.78, 5) is 18.0. The van der Waals surface area contributed by atoms with Gasteiger partial charge in [-0.15, -0.1) is 5.10 Å². The number of aromatic nitrogens is 5. The third kappa shape index (κ3) is 2.66. The van der Waals surface area contributed by atoms with Crippen molar-refractivity contribution < 1.29 is 9.18 Å². The van der Waals surface area contributed by atoms with Crippen LogP contribution in [0.2, 0.25) is 0 Å². The quantitative estimate of drug-likeness (QED) is 0.798. The fourth-order valence-electron chi connectivity index (χ4n) is 3.28. The lowest BCUT2D eigenvalue weighted by molar-refractivity contribution is -0.143. The average molecular weight is 357 g/mol. The topological polar surface area (TPSA) is 92.6 Å². The average Bonchev–Trinajstić information content (AvgIpc) is 3.15. The van der Waals surface area contributed by atoms with Crippen LogP contribution in [0.15, 0.2) is 12.4 Å². The van der Waals surface area contributed by atoms with E-state index < -0.39 is 11.6 Å². The standard InChI is InChI=1S/C17H20FN7O/c1-11-20-5-15(23(11)2)14-9-25(22-21-14)8-13(18)12-6-24(7-12)16(26)17(10-19)3-4-17/h5,9,12-13H,3-4,6-8H2,1-2H3. The van der Waals surface area contributed by atoms with Gasteiger partial charge in [-0.3, -0.25) is 4.79 Å². The summed E-state index contributed by atoms with van der Waals surface area (Å²) in [6, 6.07) is 2.10. The van der Waals surface area contributed by atoms with Crippen LogP contribution in [-0.2, 0) is 18.4 Å². The molecule has 0 spiro atoms. The summed E-state index contributed by atoms with van der Waals surface area (Å²) in [6.07, 6.45) is 3.56. The van der Waals surface area contributed by atoms with Crippen LogP contribution in [0.4, 0.5) is 4.39 Å². The van der Waals surface area contributed by atoms with E-state index in [0.29, 0.717) is 31.6 Å². The lowest BCUT2D eigenvalue weighted by Gasteiger charge is -2.41. The second kappa shape index (κ2) is 5.90. The Morgan fingerprint density at radius 2 is 2.23 bits per heavy atom. The van der Waals surface area contributed by atoms with Gasteiger partial charge in [-0.05, 0) is 19.8 Å². The molecule has 0 radical (unpaired) electrons. The first-order valence-electron chi connectivity index (χ1n) is 8.67. The largest absolute Gasteiger partial charge is 0.340 e. The molecule has 9 heteroatoms. The molecule has 1 amide bonds. The highest BCUT2D eigenvalue weighted by Crippen LogP contribution is 2.47. The summed E-state index contributed by atoms with van der Waals surface area (Å²) in [6.45, 7) is 2.73. The number of hydrogen-bond donors (Lipinski definition) is 0. The number of aryl methyl sites for hydroxylation is 1. The van der Waals surface area contributed by atoms with Crippen LogP contribution in [0.25, 0.3) is 11.4 Å². The Morgan fingerprint density at radius 3 is 2.81 bits per heavy atom. The maximum Gasteiger partial charge on any atom is 0.243 e. The van der Waals surface area contributed by atoms with E-state index in [-0.39, 0.29) is 18.4 Å². The molecule has 1 aliphatic heterocycles. The number of carbonyl (C=O) groups excluding carboxylic acids is 1. The zero-order valence-electron chi connectivity index (χ0n) is 14.8. The molecule has 4 rings (SSSR count). The van der Waals surface area contributed by atoms with Crippen molar-refractivity contribution in [3.8, 4) is 17.5 Å². The SMILES string of the molecule is Cc1ncc(-c2cn(CC(F)C3CN(C(=O)C4(C#N)CC4)C3)nn2)n1C. The molecule has 1 saturated heterocycles. The fraction of sp³-hybridized carbons (Fsp3) is 0.588. The molecule has 1 atom stereocenters. The normalized spacial score (nSPS) is 19.7. The van der Waals surface area contributed by atoms with Gasteiger partial charge in [0, 0.05) is 26.1 Å². The summed E-state index contributed by atoms with van der Waals surface area (Å²) in [5, 5.41) is 17.2. The lowest BCUT2D eigenvalue weighted by Crippen LogP contribution is -2.56. The summed E-state index contributed by atoms with van der Waals surface area (Å²) in [7, 11) is 1.89. The molecular weight excluding hydrogens is 337 g/mol. The van der Waals surface area contributed by atoms with E-state index in [4.69, 9.17) is 5.26 Å². The predicted octanol–water partition coefficient (Wildman–Crippen LogP) is 1.09. The van der Waals surface area contributed by atoms with Crippen molar-refractivity contribution >= 4 is 5.91 Å². The van der Waals surface area contributed by atoms with Crippen molar-refractivity contribution in [3.05, 3.63) is 18.2 Å². The first-order chi connectivity index (χ1) is 12.4. The molecule has 0 bridgehead atoms. The molecule has 2 aromatic rings. The van der Waals surface area contributed by atoms with Crippen molar-refractivity contribution in [2.45, 2.75) is 32.5 Å². The van der Waals surface area contributed by atoms with Crippen LogP contribution in [-0.4, -0.2) is 54.6 Å². The van der Waals surface area contributed by atoms with Crippen LogP contribution < -0.4 is 0 Å². The highest BCUT2D eigenvalue weighted by molar-refractivity contribution is 5.88. The van der Waals surface area contributed by atoms with E-state index in [1.807, 2.05) is 18.5 Å². The van der Waals surface area contributed by atoms with Crippen molar-refractivity contribution in [3.63, 3.8) is 0 Å². The zero-order valence-corrected chi connectivity index (χ0v) is 14.8. The number of hydrogen-bond acceptors (Lipinski definition) is 5. The van der Waals surface area contributed by atoms with E-state index in [2.05, 4.69) is 21.4 Å². The van der Waals surface area contributed by atoms with Crippen LogP contribution in [0.3, 0.4) is 0 Å². The number of rotatable bonds is 5. The number of imidazole rings is 1. The smallest absolute Gasteiger partial charge is 0.243 e. The van der Waals surface area contributed by atoms with E-state index in [0.717, 1.165) is 11.5 Å². The van der Waals surface area contributed by atoms with Gasteiger partial charge in [0.2, 0.25) is 5.91 Å². The number of alkyl halides is 1. The van der Waals surface area contributed by atoms with Crippen molar-refractivity contribution in [2.75, 3.05) is 13.1 Å². The van der Waals surface area contributed by atoms with Gasteiger partial charge in [-0.2, -0.15) is 5.26 Å². The Bertz CT molecular complexity index is 885. The van der Waals surface area contributed by atoms with E-state index in [9.17, 15) is 9.18 Å². The number of carbonyl (C=O) groups is 1. The van der Waals surface area contributed by atoms with Gasteiger partial charge in [0.15, 0.2) is 0 Å². The van der Waals surface area contributed by atoms with E-state index >= 15 is 0 Å². The molecule has 2 aliphatic rings. The summed E-state index contributed by atoms with van der Waals surface area (Å²) in [5.74, 6) is 0.501. The number of amides is 1. The summed E-state index contributed by atoms with van der Waals surface area (Å²) < 4.78 is 17.9. The Morgan fingerprint density at radius 1 is 1.50 bits per heavy atom. The van der Waals surface area contributed by atoms with Gasteiger partial charge in [-0.1, -0.05) is 5.21 Å². The lowest BCUT2D eigenvalue weighted by atomic mass is 9.92. The van der Waals surface area contributed by atoms with Crippen molar-refractivity contribution in [1.29, 1.82) is 5.26 Å². The molecule has 136 valence electrons. The van der Waals surface area contributed by atoms with Gasteiger partial charge in [0.05, 0.1) is 30.7 Å². The number of nitriles is 1. The Balaban J connectivity index is 1.34. The molecule has 3 heterocycles. The van der Waals surface area contributed by atoms with Gasteiger partial charge >= 0.3 is 0 Å². The highest BCUT2D eigenvalue weighted by atomic mass is 19.1. The van der Waals surface area contributed by atoms with Gasteiger partial charge in [0.25, 0.3) is 0 Å². The molecule has 0 aromatic carbocycles. The van der Waals surface area contributed by atoms with Gasteiger partial charge in [0.1, 0.15) is 23.1 Å². The van der Waals surface area contributed by atoms with Crippen molar-refractivity contribution in [1.82, 2.24) is 29.4 Å². The van der Waals surface area contributed by atoms with Crippen LogP contribution >= 0.6 is 0 Å². The number of nitrogens with zero attached hydrogens (tertiary/aromatic N) is 7. The third-order valence-electron chi connectivity index (χ3n) is 5.46. The van der Waals surface area contributed by atoms with E-state index in [1.165, 1.54) is 4.68 Å². The fourth-order valence-corrected chi connectivity index (χ4v) is 3.28. The summed E-state index contributed by atoms with van der Waals surface area (Å²) in [5.41, 5.74) is 0.657. The first kappa shape index (κ1) is 16.7. The number of halogens is 1. The molecule has 1 unspecified atom stereocenters. The van der Waals surface area contributed by atoms with Gasteiger partial charge < -0.3 is 9.47 Å². The monoisotopic (exact) mass is 357 g/mol. The summed E-state index contributed by atoms with van der Waals surface area (Å²) >= 11 is 0. The second-order valence-corrected chi connectivity index (χ2v) is 7.26. The predicted molar refractivity (Wildman–Crippen MR) is 89.2 cm³/mol. The molecule has 2 aromatic heterocycles. The molecular formula is C17H20FN7O. The van der Waals surface area contributed by atoms with Crippen LogP contribution in [0.1, 0.15) is 18.7 Å². The van der Waals surface area contributed by atoms with Crippen LogP contribution in [0.5, 0.6) is 0 Å². The molecule has 1 saturated carbocycles. The third-order valence-corrected chi connectivity index (χ3v) is 5.46. The van der Waals surface area contributed by atoms with Crippen LogP contribution in [0, 0.1) is 29.6 Å². The second-order valence-electron chi connectivity index (χ2n) is 7.26. The van der Waals surface area contributed by atoms with E-state index in [1.54, 1.807) is 17.3 Å². The zero-order chi connectivity index (χ0) is 18.5. The maximum atomic E-state index is 14.6. The molecule has 2 fully saturated rings. The first-order valence-corrected chi connectivity index (χ1v) is 8.67. The Kier molecular flexibility index (Phi) is 3.79. The molecule has 26 heavy (non-hydrogen) atoms. The maximum absolute atomic E-state index is 14.6. The van der Waals surface area contributed by atoms with Gasteiger partial charge in [-0.25, -0.2) is 14.1 Å². The van der Waals surface area contributed by atoms with Crippen molar-refractivity contribution in [2.24, 2.45) is 18.4 Å². The Hall–Kier alpha value is -2.76. The minimum absolute atomic E-state index is 0.0971. The Labute approximate surface area is 150 Å². The molecule has 8 nitrogen and oxygen atoms in total. The molecule has 1 aliphatic carbocycles. The molecule has 0 N–H and O–H groups in total. The minimum Gasteiger partial charge on any atom is -0.340 e. The number of likely N-dealkylation sites (tertiary alicyclic amines) is 1. The highest BCUT2D eigenvalue weighted by Gasteiger charge is 2.54.